The van der Waals surface area contributed by atoms with Gasteiger partial charge in [0, 0.05) is 12.0 Å². The van der Waals surface area contributed by atoms with Crippen LogP contribution in [0.3, 0.4) is 0 Å². The molecule has 4 heteroatoms. The van der Waals surface area contributed by atoms with E-state index in [-0.39, 0.29) is 6.04 Å². The molecule has 0 aromatic carbocycles. The Morgan fingerprint density at radius 2 is 2.33 bits per heavy atom. The Balaban J connectivity index is 2.54. The second-order valence-electron chi connectivity index (χ2n) is 3.46. The molecule has 1 rings (SSSR count). The molecule has 0 fully saturated rings. The van der Waals surface area contributed by atoms with E-state index < -0.39 is 0 Å². The first kappa shape index (κ1) is 12.6. The minimum absolute atomic E-state index is 0.245. The van der Waals surface area contributed by atoms with E-state index in [4.69, 9.17) is 4.74 Å². The van der Waals surface area contributed by atoms with Gasteiger partial charge in [-0.3, -0.25) is 0 Å². The van der Waals surface area contributed by atoms with E-state index in [9.17, 15) is 0 Å². The van der Waals surface area contributed by atoms with Crippen LogP contribution < -0.4 is 5.32 Å². The van der Waals surface area contributed by atoms with Crippen LogP contribution in [0.2, 0.25) is 0 Å². The summed E-state index contributed by atoms with van der Waals surface area (Å²) in [7, 11) is 0. The molecule has 0 aliphatic carbocycles. The lowest BCUT2D eigenvalue weighted by Gasteiger charge is -2.16. The Labute approximate surface area is 95.9 Å². The van der Waals surface area contributed by atoms with Crippen molar-refractivity contribution in [1.29, 1.82) is 0 Å². The zero-order valence-electron chi connectivity index (χ0n) is 9.75. The van der Waals surface area contributed by atoms with Gasteiger partial charge in [0.1, 0.15) is 0 Å². The Kier molecular flexibility index (Phi) is 5.83. The van der Waals surface area contributed by atoms with Gasteiger partial charge in [0.25, 0.3) is 0 Å². The van der Waals surface area contributed by atoms with Crippen molar-refractivity contribution in [1.82, 2.24) is 10.3 Å². The minimum Gasteiger partial charge on any atom is -0.380 e. The third kappa shape index (κ3) is 4.28. The molecule has 1 aromatic heterocycles. The van der Waals surface area contributed by atoms with Crippen LogP contribution in [0.1, 0.15) is 37.0 Å². The summed E-state index contributed by atoms with van der Waals surface area (Å²) in [4.78, 5) is 4.49. The fourth-order valence-electron chi connectivity index (χ4n) is 1.34. The number of aromatic nitrogens is 1. The number of aryl methyl sites for hydroxylation is 1. The van der Waals surface area contributed by atoms with Crippen molar-refractivity contribution >= 4 is 11.3 Å². The van der Waals surface area contributed by atoms with Gasteiger partial charge in [-0.2, -0.15) is 0 Å². The van der Waals surface area contributed by atoms with Crippen LogP contribution in [0.4, 0.5) is 0 Å². The van der Waals surface area contributed by atoms with Gasteiger partial charge in [0.15, 0.2) is 0 Å². The predicted octanol–water partition coefficient (Wildman–Crippen LogP) is 2.53. The molecule has 0 spiro atoms. The molecule has 0 bridgehead atoms. The molecule has 0 radical (unpaired) electrons. The van der Waals surface area contributed by atoms with Crippen LogP contribution >= 0.6 is 11.3 Å². The molecule has 86 valence electrons. The van der Waals surface area contributed by atoms with Crippen LogP contribution in [-0.4, -0.2) is 24.7 Å². The van der Waals surface area contributed by atoms with Crippen molar-refractivity contribution < 1.29 is 4.74 Å². The highest BCUT2D eigenvalue weighted by molar-refractivity contribution is 7.09. The second-order valence-corrected chi connectivity index (χ2v) is 4.52. The lowest BCUT2D eigenvalue weighted by atomic mass is 10.2. The standard InChI is InChI=1S/C11H20N2OS/c1-4-6-12-10(7-14-5-2)11-8-15-9(3)13-11/h8,10,12H,4-7H2,1-3H3. The predicted molar refractivity (Wildman–Crippen MR) is 64.4 cm³/mol. The van der Waals surface area contributed by atoms with E-state index >= 15 is 0 Å². The Bertz CT molecular complexity index is 267. The lowest BCUT2D eigenvalue weighted by molar-refractivity contribution is 0.122. The topological polar surface area (TPSA) is 34.1 Å². The zero-order chi connectivity index (χ0) is 11.1. The van der Waals surface area contributed by atoms with Gasteiger partial charge >= 0.3 is 0 Å². The number of thiazole rings is 1. The molecule has 1 unspecified atom stereocenters. The van der Waals surface area contributed by atoms with Crippen molar-refractivity contribution in [3.05, 3.63) is 16.1 Å². The summed E-state index contributed by atoms with van der Waals surface area (Å²) in [5, 5.41) is 6.68. The minimum atomic E-state index is 0.245. The summed E-state index contributed by atoms with van der Waals surface area (Å²) in [6.07, 6.45) is 1.13. The first-order valence-corrected chi connectivity index (χ1v) is 6.39. The number of hydrogen-bond acceptors (Lipinski definition) is 4. The van der Waals surface area contributed by atoms with Gasteiger partial charge in [-0.25, -0.2) is 4.98 Å². The largest absolute Gasteiger partial charge is 0.380 e. The Morgan fingerprint density at radius 3 is 2.87 bits per heavy atom. The first-order chi connectivity index (χ1) is 7.27. The first-order valence-electron chi connectivity index (χ1n) is 5.51. The monoisotopic (exact) mass is 228 g/mol. The Hall–Kier alpha value is -0.450. The highest BCUT2D eigenvalue weighted by Crippen LogP contribution is 2.16. The summed E-state index contributed by atoms with van der Waals surface area (Å²) in [6.45, 7) is 8.69. The quantitative estimate of drug-likeness (QED) is 0.778. The molecular formula is C11H20N2OS. The van der Waals surface area contributed by atoms with E-state index in [0.29, 0.717) is 6.61 Å². The Morgan fingerprint density at radius 1 is 1.53 bits per heavy atom. The highest BCUT2D eigenvalue weighted by Gasteiger charge is 2.13. The average molecular weight is 228 g/mol. The maximum atomic E-state index is 5.46. The second kappa shape index (κ2) is 6.93. The van der Waals surface area contributed by atoms with E-state index in [1.165, 1.54) is 0 Å². The summed E-state index contributed by atoms with van der Waals surface area (Å²) in [6, 6.07) is 0.245. The molecule has 1 aromatic rings. The molecular weight excluding hydrogens is 208 g/mol. The number of nitrogens with one attached hydrogen (secondary N) is 1. The SMILES string of the molecule is CCCNC(COCC)c1csc(C)n1. The molecule has 3 nitrogen and oxygen atoms in total. The molecule has 0 aliphatic rings. The molecule has 1 atom stereocenters. The zero-order valence-corrected chi connectivity index (χ0v) is 10.6. The summed E-state index contributed by atoms with van der Waals surface area (Å²) in [5.74, 6) is 0. The smallest absolute Gasteiger partial charge is 0.0898 e. The van der Waals surface area contributed by atoms with Crippen molar-refractivity contribution in [3.8, 4) is 0 Å². The van der Waals surface area contributed by atoms with E-state index in [2.05, 4.69) is 22.6 Å². The molecule has 15 heavy (non-hydrogen) atoms. The molecule has 0 aliphatic heterocycles. The molecule has 0 saturated heterocycles. The van der Waals surface area contributed by atoms with E-state index in [1.807, 2.05) is 13.8 Å². The fourth-order valence-corrected chi connectivity index (χ4v) is 2.01. The number of rotatable bonds is 7. The molecule has 0 amide bonds. The maximum absolute atomic E-state index is 5.46. The van der Waals surface area contributed by atoms with Gasteiger partial charge in [0.2, 0.25) is 0 Å². The van der Waals surface area contributed by atoms with Gasteiger partial charge in [-0.05, 0) is 26.8 Å². The summed E-state index contributed by atoms with van der Waals surface area (Å²) < 4.78 is 5.46. The van der Waals surface area contributed by atoms with Crippen LogP contribution in [0, 0.1) is 6.92 Å². The van der Waals surface area contributed by atoms with Gasteiger partial charge < -0.3 is 10.1 Å². The van der Waals surface area contributed by atoms with Crippen molar-refractivity contribution in [2.45, 2.75) is 33.2 Å². The number of nitrogens with zero attached hydrogens (tertiary/aromatic N) is 1. The van der Waals surface area contributed by atoms with Crippen LogP contribution in [0.25, 0.3) is 0 Å². The van der Waals surface area contributed by atoms with Crippen molar-refractivity contribution in [3.63, 3.8) is 0 Å². The van der Waals surface area contributed by atoms with Gasteiger partial charge in [-0.1, -0.05) is 6.92 Å². The molecule has 1 N–H and O–H groups in total. The lowest BCUT2D eigenvalue weighted by Crippen LogP contribution is -2.26. The number of hydrogen-bond donors (Lipinski definition) is 1. The van der Waals surface area contributed by atoms with Crippen molar-refractivity contribution in [2.75, 3.05) is 19.8 Å². The highest BCUT2D eigenvalue weighted by atomic mass is 32.1. The number of ether oxygens (including phenoxy) is 1. The van der Waals surface area contributed by atoms with Crippen LogP contribution in [0.15, 0.2) is 5.38 Å². The third-order valence-electron chi connectivity index (χ3n) is 2.12. The summed E-state index contributed by atoms with van der Waals surface area (Å²) in [5.41, 5.74) is 1.11. The molecule has 0 saturated carbocycles. The van der Waals surface area contributed by atoms with Crippen LogP contribution in [-0.2, 0) is 4.74 Å². The maximum Gasteiger partial charge on any atom is 0.0898 e. The third-order valence-corrected chi connectivity index (χ3v) is 2.91. The normalized spacial score (nSPS) is 13.0. The van der Waals surface area contributed by atoms with Crippen LogP contribution in [0.5, 0.6) is 0 Å². The van der Waals surface area contributed by atoms with Gasteiger partial charge in [-0.15, -0.1) is 11.3 Å². The molecule has 1 heterocycles. The average Bonchev–Trinajstić information content (AvgIpc) is 2.65. The van der Waals surface area contributed by atoms with E-state index in [0.717, 1.165) is 30.3 Å². The van der Waals surface area contributed by atoms with E-state index in [1.54, 1.807) is 11.3 Å². The van der Waals surface area contributed by atoms with Gasteiger partial charge in [0.05, 0.1) is 23.4 Å². The summed E-state index contributed by atoms with van der Waals surface area (Å²) >= 11 is 1.69. The van der Waals surface area contributed by atoms with Crippen molar-refractivity contribution in [2.24, 2.45) is 0 Å². The fraction of sp³-hybridized carbons (Fsp3) is 0.727.